The molecule has 0 fully saturated rings. The number of H-pyrrole nitrogens is 1. The van der Waals surface area contributed by atoms with E-state index >= 15 is 0 Å². The molecule has 18 heavy (non-hydrogen) atoms. The Morgan fingerprint density at radius 1 is 1.61 bits per heavy atom. The number of rotatable bonds is 4. The number of ether oxygens (including phenoxy) is 1. The molecule has 94 valence electrons. The lowest BCUT2D eigenvalue weighted by atomic mass is 10.3. The van der Waals surface area contributed by atoms with E-state index in [0.29, 0.717) is 16.8 Å². The van der Waals surface area contributed by atoms with E-state index in [9.17, 15) is 4.79 Å². The highest BCUT2D eigenvalue weighted by molar-refractivity contribution is 9.10. The van der Waals surface area contributed by atoms with Crippen molar-refractivity contribution in [3.05, 3.63) is 28.5 Å². The van der Waals surface area contributed by atoms with Crippen LogP contribution in [0.1, 0.15) is 17.3 Å². The maximum atomic E-state index is 11.9. The van der Waals surface area contributed by atoms with Gasteiger partial charge >= 0.3 is 6.01 Å². The molecule has 0 aliphatic heterocycles. The number of nitrogens with one attached hydrogen (secondary N) is 2. The summed E-state index contributed by atoms with van der Waals surface area (Å²) < 4.78 is 5.54. The minimum Gasteiger partial charge on any atom is -0.463 e. The van der Waals surface area contributed by atoms with Gasteiger partial charge in [-0.05, 0) is 35.0 Å². The van der Waals surface area contributed by atoms with Crippen LogP contribution in [0.3, 0.4) is 0 Å². The van der Waals surface area contributed by atoms with Crippen LogP contribution in [0.5, 0.6) is 6.01 Å². The van der Waals surface area contributed by atoms with E-state index in [1.54, 1.807) is 18.3 Å². The van der Waals surface area contributed by atoms with Gasteiger partial charge in [0.15, 0.2) is 0 Å². The van der Waals surface area contributed by atoms with Gasteiger partial charge < -0.3 is 4.74 Å². The summed E-state index contributed by atoms with van der Waals surface area (Å²) in [6, 6.07) is 3.51. The van der Waals surface area contributed by atoms with E-state index in [0.717, 1.165) is 0 Å². The molecule has 2 rings (SSSR count). The van der Waals surface area contributed by atoms with E-state index in [2.05, 4.69) is 41.4 Å². The molecule has 0 aliphatic carbocycles. The third-order valence-electron chi connectivity index (χ3n) is 1.97. The lowest BCUT2D eigenvalue weighted by Gasteiger charge is -2.02. The first-order valence-corrected chi connectivity index (χ1v) is 5.97. The summed E-state index contributed by atoms with van der Waals surface area (Å²) in [5.41, 5.74) is 0.409. The van der Waals surface area contributed by atoms with Gasteiger partial charge in [0.05, 0.1) is 12.2 Å². The SMILES string of the molecule is CCOc1n[nH]c(NC(=O)c2cccnc2Br)n1. The van der Waals surface area contributed by atoms with Crippen LogP contribution in [0.25, 0.3) is 0 Å². The van der Waals surface area contributed by atoms with Crippen LogP contribution in [-0.4, -0.2) is 32.7 Å². The van der Waals surface area contributed by atoms with Crippen LogP contribution in [0.2, 0.25) is 0 Å². The molecule has 0 radical (unpaired) electrons. The van der Waals surface area contributed by atoms with E-state index < -0.39 is 0 Å². The molecule has 2 aromatic heterocycles. The van der Waals surface area contributed by atoms with Gasteiger partial charge in [0.2, 0.25) is 5.95 Å². The maximum absolute atomic E-state index is 11.9. The van der Waals surface area contributed by atoms with Gasteiger partial charge in [-0.25, -0.2) is 10.1 Å². The average molecular weight is 312 g/mol. The first-order chi connectivity index (χ1) is 8.70. The Balaban J connectivity index is 2.09. The normalized spacial score (nSPS) is 10.1. The van der Waals surface area contributed by atoms with Gasteiger partial charge in [0.1, 0.15) is 4.60 Å². The Kier molecular flexibility index (Phi) is 3.88. The number of hydrogen-bond donors (Lipinski definition) is 2. The van der Waals surface area contributed by atoms with Crippen molar-refractivity contribution in [1.82, 2.24) is 20.2 Å². The number of carbonyl (C=O) groups excluding carboxylic acids is 1. The Hall–Kier alpha value is -1.96. The van der Waals surface area contributed by atoms with E-state index in [1.165, 1.54) is 0 Å². The Bertz CT molecular complexity index is 557. The number of aromatic amines is 1. The molecule has 2 aromatic rings. The zero-order valence-corrected chi connectivity index (χ0v) is 11.1. The van der Waals surface area contributed by atoms with Crippen molar-refractivity contribution in [2.75, 3.05) is 11.9 Å². The van der Waals surface area contributed by atoms with Crippen molar-refractivity contribution in [1.29, 1.82) is 0 Å². The molecule has 0 unspecified atom stereocenters. The van der Waals surface area contributed by atoms with Gasteiger partial charge in [0, 0.05) is 6.20 Å². The summed E-state index contributed by atoms with van der Waals surface area (Å²) in [5, 5.41) is 8.89. The fourth-order valence-corrected chi connectivity index (χ4v) is 1.66. The zero-order chi connectivity index (χ0) is 13.0. The summed E-state index contributed by atoms with van der Waals surface area (Å²) in [6.07, 6.45) is 1.59. The second-order valence-electron chi connectivity index (χ2n) is 3.20. The number of nitrogens with zero attached hydrogens (tertiary/aromatic N) is 3. The molecule has 2 heterocycles. The number of aromatic nitrogens is 4. The summed E-state index contributed by atoms with van der Waals surface area (Å²) in [4.78, 5) is 19.8. The third kappa shape index (κ3) is 2.83. The van der Waals surface area contributed by atoms with E-state index in [4.69, 9.17) is 4.74 Å². The Morgan fingerprint density at radius 3 is 3.17 bits per heavy atom. The fourth-order valence-electron chi connectivity index (χ4n) is 1.23. The Labute approximate surface area is 111 Å². The molecule has 8 heteroatoms. The summed E-state index contributed by atoms with van der Waals surface area (Å²) in [7, 11) is 0. The van der Waals surface area contributed by atoms with Crippen molar-refractivity contribution in [3.63, 3.8) is 0 Å². The number of carbonyl (C=O) groups is 1. The molecule has 0 aliphatic rings. The first kappa shape index (κ1) is 12.5. The molecule has 0 saturated carbocycles. The predicted octanol–water partition coefficient (Wildman–Crippen LogP) is 1.61. The molecular formula is C10H10BrN5O2. The van der Waals surface area contributed by atoms with Crippen LogP contribution in [0.4, 0.5) is 5.95 Å². The highest BCUT2D eigenvalue weighted by Crippen LogP contribution is 2.14. The number of anilines is 1. The van der Waals surface area contributed by atoms with Gasteiger partial charge in [-0.1, -0.05) is 0 Å². The molecule has 2 N–H and O–H groups in total. The van der Waals surface area contributed by atoms with Crippen LogP contribution in [-0.2, 0) is 0 Å². The van der Waals surface area contributed by atoms with Crippen LogP contribution in [0.15, 0.2) is 22.9 Å². The second-order valence-corrected chi connectivity index (χ2v) is 3.95. The van der Waals surface area contributed by atoms with Crippen LogP contribution >= 0.6 is 15.9 Å². The lowest BCUT2D eigenvalue weighted by Crippen LogP contribution is -2.14. The highest BCUT2D eigenvalue weighted by Gasteiger charge is 2.12. The lowest BCUT2D eigenvalue weighted by molar-refractivity contribution is 0.102. The quantitative estimate of drug-likeness (QED) is 0.837. The Morgan fingerprint density at radius 2 is 2.44 bits per heavy atom. The molecular weight excluding hydrogens is 302 g/mol. The summed E-state index contributed by atoms with van der Waals surface area (Å²) in [5.74, 6) is -0.117. The largest absolute Gasteiger partial charge is 0.463 e. The molecule has 0 aromatic carbocycles. The first-order valence-electron chi connectivity index (χ1n) is 5.17. The monoisotopic (exact) mass is 311 g/mol. The third-order valence-corrected chi connectivity index (χ3v) is 2.61. The molecule has 7 nitrogen and oxygen atoms in total. The van der Waals surface area contributed by atoms with E-state index in [-0.39, 0.29) is 17.9 Å². The smallest absolute Gasteiger partial charge is 0.337 e. The van der Waals surface area contributed by atoms with Gasteiger partial charge in [0.25, 0.3) is 5.91 Å². The second kappa shape index (κ2) is 5.58. The minimum absolute atomic E-state index is 0.193. The average Bonchev–Trinajstić information content (AvgIpc) is 2.77. The summed E-state index contributed by atoms with van der Waals surface area (Å²) in [6.45, 7) is 2.28. The number of halogens is 1. The van der Waals surface area contributed by atoms with Gasteiger partial charge in [-0.2, -0.15) is 4.98 Å². The molecule has 0 atom stereocenters. The van der Waals surface area contributed by atoms with Crippen LogP contribution in [0, 0.1) is 0 Å². The van der Waals surface area contributed by atoms with Crippen molar-refractivity contribution in [2.24, 2.45) is 0 Å². The van der Waals surface area contributed by atoms with Crippen LogP contribution < -0.4 is 10.1 Å². The zero-order valence-electron chi connectivity index (χ0n) is 9.48. The summed E-state index contributed by atoms with van der Waals surface area (Å²) >= 11 is 3.20. The molecule has 1 amide bonds. The van der Waals surface area contributed by atoms with Gasteiger partial charge in [-0.15, -0.1) is 5.10 Å². The van der Waals surface area contributed by atoms with E-state index in [1.807, 2.05) is 6.92 Å². The van der Waals surface area contributed by atoms with Gasteiger partial charge in [-0.3, -0.25) is 10.1 Å². The number of hydrogen-bond acceptors (Lipinski definition) is 5. The highest BCUT2D eigenvalue weighted by atomic mass is 79.9. The van der Waals surface area contributed by atoms with Crippen molar-refractivity contribution in [3.8, 4) is 6.01 Å². The predicted molar refractivity (Wildman–Crippen MR) is 67.4 cm³/mol. The fraction of sp³-hybridized carbons (Fsp3) is 0.200. The minimum atomic E-state index is -0.339. The molecule has 0 spiro atoms. The molecule has 0 bridgehead atoms. The maximum Gasteiger partial charge on any atom is 0.337 e. The molecule has 0 saturated heterocycles. The number of pyridine rings is 1. The topological polar surface area (TPSA) is 92.8 Å². The number of amides is 1. The van der Waals surface area contributed by atoms with Crippen molar-refractivity contribution >= 4 is 27.8 Å². The standard InChI is InChI=1S/C10H10BrN5O2/c1-2-18-10-14-9(15-16-10)13-8(17)6-4-3-5-12-7(6)11/h3-5H,2H2,1H3,(H2,13,14,15,16,17). The van der Waals surface area contributed by atoms with Crippen molar-refractivity contribution < 1.29 is 9.53 Å². The van der Waals surface area contributed by atoms with Crippen molar-refractivity contribution in [2.45, 2.75) is 6.92 Å².